The third-order valence-corrected chi connectivity index (χ3v) is 2.91. The standard InChI is InChI=1S/C10H11IO2/c11-9(6-7-12)10(13)8-4-2-1-3-5-8/h1-5,9,12H,6-7H2. The lowest BCUT2D eigenvalue weighted by Gasteiger charge is -2.06. The summed E-state index contributed by atoms with van der Waals surface area (Å²) in [7, 11) is 0. The summed E-state index contributed by atoms with van der Waals surface area (Å²) >= 11 is 2.06. The Morgan fingerprint density at radius 3 is 2.54 bits per heavy atom. The second-order valence-corrected chi connectivity index (χ2v) is 4.21. The average Bonchev–Trinajstić information content (AvgIpc) is 2.18. The van der Waals surface area contributed by atoms with Crippen molar-refractivity contribution in [2.24, 2.45) is 0 Å². The molecule has 0 aliphatic heterocycles. The molecule has 2 nitrogen and oxygen atoms in total. The second kappa shape index (κ2) is 5.34. The van der Waals surface area contributed by atoms with Gasteiger partial charge in [0.2, 0.25) is 0 Å². The predicted octanol–water partition coefficient (Wildman–Crippen LogP) is 2.06. The Hall–Kier alpha value is -0.420. The number of carbonyl (C=O) groups excluding carboxylic acids is 1. The number of benzene rings is 1. The third kappa shape index (κ3) is 3.08. The average molecular weight is 290 g/mol. The van der Waals surface area contributed by atoms with Crippen LogP contribution in [0.4, 0.5) is 0 Å². The van der Waals surface area contributed by atoms with Crippen molar-refractivity contribution in [3.8, 4) is 0 Å². The summed E-state index contributed by atoms with van der Waals surface area (Å²) in [4.78, 5) is 11.6. The van der Waals surface area contributed by atoms with Crippen molar-refractivity contribution < 1.29 is 9.90 Å². The van der Waals surface area contributed by atoms with Gasteiger partial charge in [-0.05, 0) is 6.42 Å². The van der Waals surface area contributed by atoms with Crippen molar-refractivity contribution in [3.05, 3.63) is 35.9 Å². The lowest BCUT2D eigenvalue weighted by atomic mass is 10.1. The van der Waals surface area contributed by atoms with E-state index in [1.165, 1.54) is 0 Å². The Morgan fingerprint density at radius 1 is 1.38 bits per heavy atom. The number of aliphatic hydroxyl groups is 1. The maximum Gasteiger partial charge on any atom is 0.175 e. The van der Waals surface area contributed by atoms with Crippen LogP contribution < -0.4 is 0 Å². The number of rotatable bonds is 4. The Bertz CT molecular complexity index is 272. The molecule has 0 saturated carbocycles. The summed E-state index contributed by atoms with van der Waals surface area (Å²) in [6.45, 7) is 0.0617. The molecule has 0 aromatic heterocycles. The molecule has 0 fully saturated rings. The molecule has 1 rings (SSSR count). The largest absolute Gasteiger partial charge is 0.396 e. The van der Waals surface area contributed by atoms with Crippen LogP contribution in [0.5, 0.6) is 0 Å². The van der Waals surface area contributed by atoms with Gasteiger partial charge in [0.15, 0.2) is 5.78 Å². The first-order chi connectivity index (χ1) is 6.25. The van der Waals surface area contributed by atoms with Crippen molar-refractivity contribution in [1.82, 2.24) is 0 Å². The minimum atomic E-state index is -0.120. The van der Waals surface area contributed by atoms with Crippen LogP contribution in [0.2, 0.25) is 0 Å². The SMILES string of the molecule is O=C(c1ccccc1)C(I)CCO. The fraction of sp³-hybridized carbons (Fsp3) is 0.300. The van der Waals surface area contributed by atoms with E-state index < -0.39 is 0 Å². The summed E-state index contributed by atoms with van der Waals surface area (Å²) in [6.07, 6.45) is 0.522. The first-order valence-electron chi connectivity index (χ1n) is 4.10. The normalized spacial score (nSPS) is 12.5. The van der Waals surface area contributed by atoms with E-state index in [2.05, 4.69) is 22.6 Å². The topological polar surface area (TPSA) is 37.3 Å². The number of ketones is 1. The van der Waals surface area contributed by atoms with E-state index in [0.717, 1.165) is 5.56 Å². The van der Waals surface area contributed by atoms with Gasteiger partial charge in [-0.3, -0.25) is 4.79 Å². The van der Waals surface area contributed by atoms with E-state index in [4.69, 9.17) is 5.11 Å². The van der Waals surface area contributed by atoms with Gasteiger partial charge in [-0.1, -0.05) is 52.9 Å². The van der Waals surface area contributed by atoms with Crippen molar-refractivity contribution >= 4 is 28.4 Å². The zero-order chi connectivity index (χ0) is 9.68. The van der Waals surface area contributed by atoms with Crippen LogP contribution in [0.25, 0.3) is 0 Å². The van der Waals surface area contributed by atoms with E-state index in [-0.39, 0.29) is 16.3 Å². The van der Waals surface area contributed by atoms with Gasteiger partial charge >= 0.3 is 0 Å². The molecule has 0 heterocycles. The lowest BCUT2D eigenvalue weighted by Crippen LogP contribution is -2.15. The predicted molar refractivity (Wildman–Crippen MR) is 60.3 cm³/mol. The molecule has 1 N–H and O–H groups in total. The molecule has 0 saturated heterocycles. The van der Waals surface area contributed by atoms with E-state index >= 15 is 0 Å². The fourth-order valence-corrected chi connectivity index (χ4v) is 1.67. The van der Waals surface area contributed by atoms with Crippen LogP contribution in [0, 0.1) is 0 Å². The third-order valence-electron chi connectivity index (χ3n) is 1.73. The first-order valence-corrected chi connectivity index (χ1v) is 5.34. The van der Waals surface area contributed by atoms with E-state index in [0.29, 0.717) is 6.42 Å². The van der Waals surface area contributed by atoms with Crippen LogP contribution >= 0.6 is 22.6 Å². The van der Waals surface area contributed by atoms with E-state index in [9.17, 15) is 4.79 Å². The van der Waals surface area contributed by atoms with Crippen molar-refractivity contribution in [2.75, 3.05) is 6.61 Å². The second-order valence-electron chi connectivity index (χ2n) is 2.71. The molecule has 1 atom stereocenters. The Balaban J connectivity index is 2.68. The molecule has 0 aliphatic rings. The highest BCUT2D eigenvalue weighted by molar-refractivity contribution is 14.1. The maximum atomic E-state index is 11.6. The molecule has 0 bridgehead atoms. The van der Waals surface area contributed by atoms with Gasteiger partial charge < -0.3 is 5.11 Å². The highest BCUT2D eigenvalue weighted by atomic mass is 127. The number of hydrogen-bond acceptors (Lipinski definition) is 2. The van der Waals surface area contributed by atoms with E-state index in [1.807, 2.05) is 18.2 Å². The Kier molecular flexibility index (Phi) is 4.38. The van der Waals surface area contributed by atoms with Crippen molar-refractivity contribution in [3.63, 3.8) is 0 Å². The van der Waals surface area contributed by atoms with Gasteiger partial charge in [-0.2, -0.15) is 0 Å². The zero-order valence-corrected chi connectivity index (χ0v) is 9.27. The first kappa shape index (κ1) is 10.7. The highest BCUT2D eigenvalue weighted by Gasteiger charge is 2.15. The fourth-order valence-electron chi connectivity index (χ4n) is 1.03. The highest BCUT2D eigenvalue weighted by Crippen LogP contribution is 2.13. The molecule has 0 radical (unpaired) electrons. The molecule has 1 aromatic rings. The number of alkyl halides is 1. The quantitative estimate of drug-likeness (QED) is 0.523. The lowest BCUT2D eigenvalue weighted by molar-refractivity contribution is 0.0984. The number of carbonyl (C=O) groups is 1. The Labute approximate surface area is 91.1 Å². The van der Waals surface area contributed by atoms with Crippen molar-refractivity contribution in [1.29, 1.82) is 0 Å². The molecule has 0 aliphatic carbocycles. The summed E-state index contributed by atoms with van der Waals surface area (Å²) in [6, 6.07) is 9.16. The van der Waals surface area contributed by atoms with Gasteiger partial charge in [-0.25, -0.2) is 0 Å². The monoisotopic (exact) mass is 290 g/mol. The van der Waals surface area contributed by atoms with Crippen LogP contribution in [0.3, 0.4) is 0 Å². The van der Waals surface area contributed by atoms with E-state index in [1.54, 1.807) is 12.1 Å². The van der Waals surface area contributed by atoms with Crippen molar-refractivity contribution in [2.45, 2.75) is 10.3 Å². The number of Topliss-reactive ketones (excluding diaryl/α,β-unsaturated/α-hetero) is 1. The zero-order valence-electron chi connectivity index (χ0n) is 7.11. The number of hydrogen-bond donors (Lipinski definition) is 1. The smallest absolute Gasteiger partial charge is 0.175 e. The molecule has 70 valence electrons. The molecule has 3 heteroatoms. The number of aliphatic hydroxyl groups excluding tert-OH is 1. The van der Waals surface area contributed by atoms with Crippen LogP contribution in [-0.2, 0) is 0 Å². The molecule has 0 amide bonds. The molecule has 1 aromatic carbocycles. The van der Waals surface area contributed by atoms with Gasteiger partial charge in [0.05, 0.1) is 3.92 Å². The van der Waals surface area contributed by atoms with Gasteiger partial charge in [0.1, 0.15) is 0 Å². The molecule has 13 heavy (non-hydrogen) atoms. The summed E-state index contributed by atoms with van der Waals surface area (Å²) in [5.74, 6) is 0.0928. The molecular formula is C10H11IO2. The van der Waals surface area contributed by atoms with Crippen LogP contribution in [-0.4, -0.2) is 21.4 Å². The van der Waals surface area contributed by atoms with Gasteiger partial charge in [0.25, 0.3) is 0 Å². The van der Waals surface area contributed by atoms with Gasteiger partial charge in [-0.15, -0.1) is 0 Å². The minimum Gasteiger partial charge on any atom is -0.396 e. The molecular weight excluding hydrogens is 279 g/mol. The summed E-state index contributed by atoms with van der Waals surface area (Å²) in [5, 5.41) is 8.68. The van der Waals surface area contributed by atoms with Crippen LogP contribution in [0.15, 0.2) is 30.3 Å². The molecule has 0 spiro atoms. The molecule has 1 unspecified atom stereocenters. The summed E-state index contributed by atoms with van der Waals surface area (Å²) in [5.41, 5.74) is 0.718. The van der Waals surface area contributed by atoms with Crippen LogP contribution in [0.1, 0.15) is 16.8 Å². The number of halogens is 1. The maximum absolute atomic E-state index is 11.6. The minimum absolute atomic E-state index is 0.0617. The summed E-state index contributed by atoms with van der Waals surface area (Å²) < 4.78 is -0.120. The Morgan fingerprint density at radius 2 is 2.00 bits per heavy atom. The van der Waals surface area contributed by atoms with Gasteiger partial charge in [0, 0.05) is 12.2 Å².